The van der Waals surface area contributed by atoms with Crippen LogP contribution in [-0.2, 0) is 20.7 Å². The predicted octanol–water partition coefficient (Wildman–Crippen LogP) is 0.831. The lowest BCUT2D eigenvalue weighted by Crippen LogP contribution is -2.54. The minimum atomic E-state index is 0.173. The number of fused-ring (bicyclic) bond motifs is 1. The summed E-state index contributed by atoms with van der Waals surface area (Å²) < 4.78 is 5.32. The first-order chi connectivity index (χ1) is 14.1. The molecule has 0 N–H and O–H groups in total. The van der Waals surface area contributed by atoms with E-state index in [9.17, 15) is 9.59 Å². The molecule has 0 aromatic heterocycles. The molecule has 2 saturated heterocycles. The standard InChI is InChI=1S/C22H32N4O3/c1-18-6-7-19-4-2-3-5-20(19)26(18)17-22(28)24-10-8-23(9-11-24)16-21(27)25-12-14-29-15-13-25/h2-5,18H,6-17H2,1H3/t18-/m1/s1. The number of ether oxygens (including phenoxy) is 1. The summed E-state index contributed by atoms with van der Waals surface area (Å²) in [5, 5.41) is 0. The first-order valence-electron chi connectivity index (χ1n) is 10.8. The fraction of sp³-hybridized carbons (Fsp3) is 0.636. The van der Waals surface area contributed by atoms with Gasteiger partial charge in [-0.1, -0.05) is 18.2 Å². The first-order valence-corrected chi connectivity index (χ1v) is 10.8. The van der Waals surface area contributed by atoms with Gasteiger partial charge in [0.1, 0.15) is 0 Å². The number of morpholine rings is 1. The van der Waals surface area contributed by atoms with E-state index in [1.807, 2.05) is 9.80 Å². The van der Waals surface area contributed by atoms with Crippen molar-refractivity contribution in [2.45, 2.75) is 25.8 Å². The van der Waals surface area contributed by atoms with Crippen molar-refractivity contribution < 1.29 is 14.3 Å². The minimum Gasteiger partial charge on any atom is -0.378 e. The van der Waals surface area contributed by atoms with Crippen molar-refractivity contribution in [1.29, 1.82) is 0 Å². The maximum Gasteiger partial charge on any atom is 0.242 e. The molecule has 0 aliphatic carbocycles. The normalized spacial score (nSPS) is 23.1. The van der Waals surface area contributed by atoms with Crippen molar-refractivity contribution in [3.05, 3.63) is 29.8 Å². The molecular weight excluding hydrogens is 368 g/mol. The molecule has 3 heterocycles. The number of para-hydroxylation sites is 1. The predicted molar refractivity (Wildman–Crippen MR) is 112 cm³/mol. The molecule has 1 aromatic carbocycles. The maximum atomic E-state index is 13.0. The third-order valence-electron chi connectivity index (χ3n) is 6.42. The summed E-state index contributed by atoms with van der Waals surface area (Å²) in [7, 11) is 0. The van der Waals surface area contributed by atoms with Gasteiger partial charge in [-0.3, -0.25) is 14.5 Å². The van der Waals surface area contributed by atoms with Crippen molar-refractivity contribution in [2.24, 2.45) is 0 Å². The lowest BCUT2D eigenvalue weighted by Gasteiger charge is -2.40. The zero-order valence-corrected chi connectivity index (χ0v) is 17.4. The number of carbonyl (C=O) groups is 2. The van der Waals surface area contributed by atoms with Crippen LogP contribution in [-0.4, -0.2) is 98.1 Å². The quantitative estimate of drug-likeness (QED) is 0.750. The van der Waals surface area contributed by atoms with Gasteiger partial charge in [-0.25, -0.2) is 0 Å². The van der Waals surface area contributed by atoms with Crippen LogP contribution in [0.4, 0.5) is 5.69 Å². The van der Waals surface area contributed by atoms with Crippen LogP contribution in [0.25, 0.3) is 0 Å². The van der Waals surface area contributed by atoms with E-state index < -0.39 is 0 Å². The van der Waals surface area contributed by atoms with Crippen molar-refractivity contribution >= 4 is 17.5 Å². The van der Waals surface area contributed by atoms with Crippen molar-refractivity contribution in [3.63, 3.8) is 0 Å². The number of aryl methyl sites for hydroxylation is 1. The van der Waals surface area contributed by atoms with Gasteiger partial charge in [-0.05, 0) is 31.4 Å². The molecule has 3 aliphatic rings. The fourth-order valence-electron chi connectivity index (χ4n) is 4.51. The molecule has 7 heteroatoms. The second-order valence-electron chi connectivity index (χ2n) is 8.29. The zero-order valence-electron chi connectivity index (χ0n) is 17.4. The Morgan fingerprint density at radius 1 is 0.931 bits per heavy atom. The molecule has 2 fully saturated rings. The van der Waals surface area contributed by atoms with Crippen LogP contribution in [0, 0.1) is 0 Å². The Morgan fingerprint density at radius 2 is 1.59 bits per heavy atom. The van der Waals surface area contributed by atoms with E-state index in [4.69, 9.17) is 4.74 Å². The van der Waals surface area contributed by atoms with E-state index in [1.165, 1.54) is 11.3 Å². The third kappa shape index (κ3) is 4.73. The van der Waals surface area contributed by atoms with Crippen LogP contribution in [0.3, 0.4) is 0 Å². The zero-order chi connectivity index (χ0) is 20.2. The lowest BCUT2D eigenvalue weighted by molar-refractivity contribution is -0.137. The van der Waals surface area contributed by atoms with Crippen molar-refractivity contribution in [2.75, 3.05) is 70.5 Å². The lowest BCUT2D eigenvalue weighted by atomic mass is 9.96. The molecule has 4 rings (SSSR count). The summed E-state index contributed by atoms with van der Waals surface area (Å²) in [4.78, 5) is 33.7. The Labute approximate surface area is 173 Å². The first kappa shape index (κ1) is 20.2. The van der Waals surface area contributed by atoms with Gasteiger partial charge >= 0.3 is 0 Å². The fourth-order valence-corrected chi connectivity index (χ4v) is 4.51. The Hall–Kier alpha value is -2.12. The number of nitrogens with zero attached hydrogens (tertiary/aromatic N) is 4. The monoisotopic (exact) mass is 400 g/mol. The van der Waals surface area contributed by atoms with E-state index in [1.54, 1.807) is 0 Å². The second-order valence-corrected chi connectivity index (χ2v) is 8.29. The summed E-state index contributed by atoms with van der Waals surface area (Å²) in [6.07, 6.45) is 2.17. The molecule has 2 amide bonds. The van der Waals surface area contributed by atoms with Gasteiger partial charge < -0.3 is 19.4 Å². The van der Waals surface area contributed by atoms with Crippen LogP contribution < -0.4 is 4.90 Å². The van der Waals surface area contributed by atoms with E-state index in [2.05, 4.69) is 41.0 Å². The van der Waals surface area contributed by atoms with E-state index in [-0.39, 0.29) is 11.8 Å². The summed E-state index contributed by atoms with van der Waals surface area (Å²) in [6.45, 7) is 8.62. The Morgan fingerprint density at radius 3 is 2.34 bits per heavy atom. The highest BCUT2D eigenvalue weighted by Crippen LogP contribution is 2.30. The Bertz CT molecular complexity index is 727. The number of hydrogen-bond donors (Lipinski definition) is 0. The smallest absolute Gasteiger partial charge is 0.242 e. The number of hydrogen-bond acceptors (Lipinski definition) is 5. The number of anilines is 1. The highest BCUT2D eigenvalue weighted by atomic mass is 16.5. The van der Waals surface area contributed by atoms with Gasteiger partial charge in [0.25, 0.3) is 0 Å². The summed E-state index contributed by atoms with van der Waals surface area (Å²) in [5.41, 5.74) is 2.54. The third-order valence-corrected chi connectivity index (χ3v) is 6.42. The molecule has 0 unspecified atom stereocenters. The van der Waals surface area contributed by atoms with E-state index in [0.717, 1.165) is 25.9 Å². The molecule has 1 atom stereocenters. The maximum absolute atomic E-state index is 13.0. The highest BCUT2D eigenvalue weighted by Gasteiger charge is 2.29. The SMILES string of the molecule is C[C@@H]1CCc2ccccc2N1CC(=O)N1CCN(CC(=O)N2CCOCC2)CC1. The minimum absolute atomic E-state index is 0.173. The van der Waals surface area contributed by atoms with E-state index in [0.29, 0.717) is 58.5 Å². The topological polar surface area (TPSA) is 56.3 Å². The van der Waals surface area contributed by atoms with Gasteiger partial charge in [0.2, 0.25) is 11.8 Å². The molecule has 158 valence electrons. The van der Waals surface area contributed by atoms with Gasteiger partial charge in [0.15, 0.2) is 0 Å². The highest BCUT2D eigenvalue weighted by molar-refractivity contribution is 5.82. The number of amides is 2. The molecule has 7 nitrogen and oxygen atoms in total. The van der Waals surface area contributed by atoms with Crippen LogP contribution in [0.5, 0.6) is 0 Å². The number of benzene rings is 1. The van der Waals surface area contributed by atoms with Crippen LogP contribution in [0.1, 0.15) is 18.9 Å². The van der Waals surface area contributed by atoms with Crippen molar-refractivity contribution in [1.82, 2.24) is 14.7 Å². The van der Waals surface area contributed by atoms with Crippen LogP contribution in [0.15, 0.2) is 24.3 Å². The van der Waals surface area contributed by atoms with Gasteiger partial charge in [0.05, 0.1) is 26.3 Å². The average Bonchev–Trinajstić information content (AvgIpc) is 2.77. The number of rotatable bonds is 4. The largest absolute Gasteiger partial charge is 0.378 e. The van der Waals surface area contributed by atoms with Crippen LogP contribution >= 0.6 is 0 Å². The van der Waals surface area contributed by atoms with Crippen molar-refractivity contribution in [3.8, 4) is 0 Å². The second kappa shape index (κ2) is 9.13. The number of piperazine rings is 1. The molecule has 0 spiro atoms. The van der Waals surface area contributed by atoms with Gasteiger partial charge in [-0.15, -0.1) is 0 Å². The molecule has 0 bridgehead atoms. The number of carbonyl (C=O) groups excluding carboxylic acids is 2. The van der Waals surface area contributed by atoms with Gasteiger partial charge in [0, 0.05) is 51.0 Å². The Balaban J connectivity index is 1.28. The van der Waals surface area contributed by atoms with Gasteiger partial charge in [-0.2, -0.15) is 0 Å². The molecule has 3 aliphatic heterocycles. The summed E-state index contributed by atoms with van der Waals surface area (Å²) in [6, 6.07) is 8.81. The molecular formula is C22H32N4O3. The van der Waals surface area contributed by atoms with E-state index >= 15 is 0 Å². The summed E-state index contributed by atoms with van der Waals surface area (Å²) >= 11 is 0. The molecule has 1 aromatic rings. The molecule has 0 saturated carbocycles. The average molecular weight is 401 g/mol. The molecule has 29 heavy (non-hydrogen) atoms. The van der Waals surface area contributed by atoms with Crippen LogP contribution in [0.2, 0.25) is 0 Å². The Kier molecular flexibility index (Phi) is 6.35. The molecule has 0 radical (unpaired) electrons. The summed E-state index contributed by atoms with van der Waals surface area (Å²) in [5.74, 6) is 0.361.